The zero-order valence-corrected chi connectivity index (χ0v) is 9.85. The van der Waals surface area contributed by atoms with Crippen LogP contribution in [-0.2, 0) is 0 Å². The third-order valence-electron chi connectivity index (χ3n) is 2.61. The van der Waals surface area contributed by atoms with Gasteiger partial charge in [-0.15, -0.1) is 0 Å². The van der Waals surface area contributed by atoms with Crippen molar-refractivity contribution in [2.75, 3.05) is 6.54 Å². The van der Waals surface area contributed by atoms with Crippen molar-refractivity contribution >= 4 is 0 Å². The van der Waals surface area contributed by atoms with E-state index in [0.717, 1.165) is 12.5 Å². The van der Waals surface area contributed by atoms with Crippen LogP contribution in [0.2, 0.25) is 0 Å². The quantitative estimate of drug-likeness (QED) is 0.664. The molecular weight excluding hydrogens is 158 g/mol. The van der Waals surface area contributed by atoms with Gasteiger partial charge in [0.15, 0.2) is 0 Å². The molecule has 0 amide bonds. The molecule has 13 heavy (non-hydrogen) atoms. The van der Waals surface area contributed by atoms with Crippen molar-refractivity contribution < 1.29 is 0 Å². The SMILES string of the molecule is CCCC(C)[C@H](C)/C=C(/C)NCC. The van der Waals surface area contributed by atoms with Crippen molar-refractivity contribution in [2.24, 2.45) is 11.8 Å². The number of allylic oxidation sites excluding steroid dienone is 2. The van der Waals surface area contributed by atoms with E-state index in [0.29, 0.717) is 5.92 Å². The smallest absolute Gasteiger partial charge is 0.0115 e. The Labute approximate surface area is 83.6 Å². The minimum atomic E-state index is 0.694. The summed E-state index contributed by atoms with van der Waals surface area (Å²) in [6.07, 6.45) is 4.97. The summed E-state index contributed by atoms with van der Waals surface area (Å²) >= 11 is 0. The highest BCUT2D eigenvalue weighted by atomic mass is 14.9. The van der Waals surface area contributed by atoms with Gasteiger partial charge < -0.3 is 5.32 Å². The predicted octanol–water partition coefficient (Wildman–Crippen LogP) is 3.57. The molecule has 2 atom stereocenters. The number of hydrogen-bond acceptors (Lipinski definition) is 1. The Bertz CT molecular complexity index is 149. The molecule has 0 aliphatic rings. The van der Waals surface area contributed by atoms with E-state index in [2.05, 4.69) is 46.0 Å². The summed E-state index contributed by atoms with van der Waals surface area (Å²) in [6, 6.07) is 0. The van der Waals surface area contributed by atoms with Crippen LogP contribution in [-0.4, -0.2) is 6.54 Å². The van der Waals surface area contributed by atoms with Gasteiger partial charge in [-0.1, -0.05) is 39.7 Å². The molecule has 1 heteroatoms. The Hall–Kier alpha value is -0.460. The fraction of sp³-hybridized carbons (Fsp3) is 0.833. The van der Waals surface area contributed by atoms with Gasteiger partial charge in [0.05, 0.1) is 0 Å². The molecule has 0 radical (unpaired) electrons. The van der Waals surface area contributed by atoms with Gasteiger partial charge >= 0.3 is 0 Å². The first kappa shape index (κ1) is 12.5. The lowest BCUT2D eigenvalue weighted by molar-refractivity contribution is 0.421. The largest absolute Gasteiger partial charge is 0.389 e. The molecule has 0 aliphatic carbocycles. The van der Waals surface area contributed by atoms with Gasteiger partial charge in [-0.2, -0.15) is 0 Å². The van der Waals surface area contributed by atoms with E-state index in [1.165, 1.54) is 18.5 Å². The fourth-order valence-electron chi connectivity index (χ4n) is 1.61. The Morgan fingerprint density at radius 2 is 1.92 bits per heavy atom. The lowest BCUT2D eigenvalue weighted by Crippen LogP contribution is -2.13. The molecule has 0 saturated heterocycles. The van der Waals surface area contributed by atoms with E-state index >= 15 is 0 Å². The third kappa shape index (κ3) is 5.73. The molecule has 0 spiro atoms. The second-order valence-corrected chi connectivity index (χ2v) is 4.01. The van der Waals surface area contributed by atoms with Gasteiger partial charge in [-0.05, 0) is 25.7 Å². The maximum absolute atomic E-state index is 3.33. The van der Waals surface area contributed by atoms with Crippen LogP contribution in [0, 0.1) is 11.8 Å². The van der Waals surface area contributed by atoms with Crippen LogP contribution in [0.15, 0.2) is 11.8 Å². The maximum atomic E-state index is 3.33. The Morgan fingerprint density at radius 1 is 1.31 bits per heavy atom. The lowest BCUT2D eigenvalue weighted by atomic mass is 9.91. The van der Waals surface area contributed by atoms with Gasteiger partial charge in [0.2, 0.25) is 0 Å². The first-order valence-corrected chi connectivity index (χ1v) is 5.54. The van der Waals surface area contributed by atoms with E-state index in [4.69, 9.17) is 0 Å². The Balaban J connectivity index is 3.95. The summed E-state index contributed by atoms with van der Waals surface area (Å²) in [6.45, 7) is 12.2. The van der Waals surface area contributed by atoms with Crippen LogP contribution in [0.5, 0.6) is 0 Å². The first-order valence-electron chi connectivity index (χ1n) is 5.54. The fourth-order valence-corrected chi connectivity index (χ4v) is 1.61. The van der Waals surface area contributed by atoms with Gasteiger partial charge in [0.25, 0.3) is 0 Å². The Kier molecular flexibility index (Phi) is 6.75. The van der Waals surface area contributed by atoms with Crippen molar-refractivity contribution in [3.05, 3.63) is 11.8 Å². The van der Waals surface area contributed by atoms with Crippen molar-refractivity contribution in [3.63, 3.8) is 0 Å². The normalized spacial score (nSPS) is 16.8. The zero-order valence-electron chi connectivity index (χ0n) is 9.85. The van der Waals surface area contributed by atoms with Crippen LogP contribution in [0.25, 0.3) is 0 Å². The number of rotatable bonds is 6. The van der Waals surface area contributed by atoms with Gasteiger partial charge in [0.1, 0.15) is 0 Å². The average molecular weight is 183 g/mol. The molecule has 0 aromatic carbocycles. The zero-order chi connectivity index (χ0) is 10.3. The second kappa shape index (κ2) is 6.99. The maximum Gasteiger partial charge on any atom is 0.0115 e. The summed E-state index contributed by atoms with van der Waals surface area (Å²) in [4.78, 5) is 0. The molecule has 0 saturated carbocycles. The molecule has 0 rings (SSSR count). The molecule has 1 nitrogen and oxygen atoms in total. The summed E-state index contributed by atoms with van der Waals surface area (Å²) in [5.41, 5.74) is 1.32. The van der Waals surface area contributed by atoms with Crippen LogP contribution >= 0.6 is 0 Å². The molecule has 1 unspecified atom stereocenters. The molecule has 78 valence electrons. The Morgan fingerprint density at radius 3 is 2.38 bits per heavy atom. The van der Waals surface area contributed by atoms with Crippen LogP contribution in [0.3, 0.4) is 0 Å². The molecule has 0 heterocycles. The number of nitrogens with one attached hydrogen (secondary N) is 1. The lowest BCUT2D eigenvalue weighted by Gasteiger charge is -2.16. The van der Waals surface area contributed by atoms with Crippen molar-refractivity contribution in [3.8, 4) is 0 Å². The second-order valence-electron chi connectivity index (χ2n) is 4.01. The summed E-state index contributed by atoms with van der Waals surface area (Å²) in [5.74, 6) is 1.50. The van der Waals surface area contributed by atoms with E-state index < -0.39 is 0 Å². The first-order chi connectivity index (χ1) is 6.11. The number of hydrogen-bond donors (Lipinski definition) is 1. The average Bonchev–Trinajstić information content (AvgIpc) is 2.05. The van der Waals surface area contributed by atoms with E-state index in [-0.39, 0.29) is 0 Å². The topological polar surface area (TPSA) is 12.0 Å². The van der Waals surface area contributed by atoms with Gasteiger partial charge in [-0.3, -0.25) is 0 Å². The highest BCUT2D eigenvalue weighted by Gasteiger charge is 2.08. The monoisotopic (exact) mass is 183 g/mol. The van der Waals surface area contributed by atoms with E-state index in [1.54, 1.807) is 0 Å². The molecule has 0 aliphatic heterocycles. The van der Waals surface area contributed by atoms with Crippen LogP contribution in [0.1, 0.15) is 47.5 Å². The molecule has 1 N–H and O–H groups in total. The van der Waals surface area contributed by atoms with E-state index in [1.807, 2.05) is 0 Å². The molecular formula is C12H25N. The predicted molar refractivity (Wildman–Crippen MR) is 60.7 cm³/mol. The minimum Gasteiger partial charge on any atom is -0.389 e. The highest BCUT2D eigenvalue weighted by Crippen LogP contribution is 2.18. The van der Waals surface area contributed by atoms with Crippen molar-refractivity contribution in [1.29, 1.82) is 0 Å². The highest BCUT2D eigenvalue weighted by molar-refractivity contribution is 4.98. The van der Waals surface area contributed by atoms with Gasteiger partial charge in [0, 0.05) is 12.2 Å². The minimum absolute atomic E-state index is 0.694. The summed E-state index contributed by atoms with van der Waals surface area (Å²) in [5, 5.41) is 3.33. The van der Waals surface area contributed by atoms with E-state index in [9.17, 15) is 0 Å². The summed E-state index contributed by atoms with van der Waals surface area (Å²) in [7, 11) is 0. The molecule has 0 bridgehead atoms. The third-order valence-corrected chi connectivity index (χ3v) is 2.61. The molecule has 0 aromatic rings. The molecule has 0 aromatic heterocycles. The van der Waals surface area contributed by atoms with Gasteiger partial charge in [-0.25, -0.2) is 0 Å². The van der Waals surface area contributed by atoms with Crippen molar-refractivity contribution in [1.82, 2.24) is 5.32 Å². The van der Waals surface area contributed by atoms with Crippen LogP contribution in [0.4, 0.5) is 0 Å². The molecule has 0 fully saturated rings. The standard InChI is InChI=1S/C12H25N/c1-6-8-10(3)11(4)9-12(5)13-7-2/h9-11,13H,6-8H2,1-5H3/b12-9-/t10?,11-/m1/s1. The van der Waals surface area contributed by atoms with Crippen LogP contribution < -0.4 is 5.32 Å². The summed E-state index contributed by atoms with van der Waals surface area (Å²) < 4.78 is 0. The van der Waals surface area contributed by atoms with Crippen molar-refractivity contribution in [2.45, 2.75) is 47.5 Å².